The molecule has 1 N–H and O–H groups in total. The zero-order valence-corrected chi connectivity index (χ0v) is 16.8. The number of hydrogen-bond donors (Lipinski definition) is 1. The van der Waals surface area contributed by atoms with E-state index in [0.717, 1.165) is 21.7 Å². The molecule has 1 atom stereocenters. The highest BCUT2D eigenvalue weighted by atomic mass is 35.5. The van der Waals surface area contributed by atoms with Gasteiger partial charge < -0.3 is 5.32 Å². The van der Waals surface area contributed by atoms with Gasteiger partial charge in [-0.1, -0.05) is 90.0 Å². The third-order valence-electron chi connectivity index (χ3n) is 4.30. The van der Waals surface area contributed by atoms with Crippen molar-refractivity contribution in [2.75, 3.05) is 5.75 Å². The molecule has 0 aliphatic heterocycles. The second-order valence-corrected chi connectivity index (χ2v) is 7.80. The first kappa shape index (κ1) is 19.5. The van der Waals surface area contributed by atoms with Gasteiger partial charge >= 0.3 is 0 Å². The van der Waals surface area contributed by atoms with Crippen LogP contribution in [0.3, 0.4) is 0 Å². The average molecular weight is 396 g/mol. The van der Waals surface area contributed by atoms with Crippen molar-refractivity contribution in [3.63, 3.8) is 0 Å². The molecule has 138 valence electrons. The number of carbonyl (C=O) groups excluding carboxylic acids is 1. The molecule has 0 saturated carbocycles. The van der Waals surface area contributed by atoms with E-state index in [1.54, 1.807) is 11.8 Å². The highest BCUT2D eigenvalue weighted by Crippen LogP contribution is 2.24. The van der Waals surface area contributed by atoms with Gasteiger partial charge in [-0.2, -0.15) is 0 Å². The smallest absolute Gasteiger partial charge is 0.230 e. The molecule has 0 bridgehead atoms. The van der Waals surface area contributed by atoms with Crippen LogP contribution in [0.1, 0.15) is 28.3 Å². The Morgan fingerprint density at radius 2 is 1.56 bits per heavy atom. The molecule has 0 radical (unpaired) electrons. The van der Waals surface area contributed by atoms with Crippen molar-refractivity contribution in [1.82, 2.24) is 5.32 Å². The summed E-state index contributed by atoms with van der Waals surface area (Å²) in [7, 11) is 0. The summed E-state index contributed by atoms with van der Waals surface area (Å²) in [4.78, 5) is 12.6. The summed E-state index contributed by atoms with van der Waals surface area (Å²) in [6, 6.07) is 25.9. The van der Waals surface area contributed by atoms with Crippen LogP contribution in [0.15, 0.2) is 78.9 Å². The van der Waals surface area contributed by atoms with Crippen molar-refractivity contribution in [2.45, 2.75) is 18.7 Å². The fraction of sp³-hybridized carbons (Fsp3) is 0.174. The lowest BCUT2D eigenvalue weighted by molar-refractivity contribution is -0.119. The average Bonchev–Trinajstić information content (AvgIpc) is 2.69. The van der Waals surface area contributed by atoms with Crippen molar-refractivity contribution in [3.05, 3.63) is 106 Å². The molecule has 1 amide bonds. The molecule has 2 nitrogen and oxygen atoms in total. The molecule has 0 saturated heterocycles. The van der Waals surface area contributed by atoms with E-state index in [0.29, 0.717) is 11.5 Å². The van der Waals surface area contributed by atoms with Gasteiger partial charge in [0.15, 0.2) is 0 Å². The second-order valence-electron chi connectivity index (χ2n) is 6.41. The Hall–Kier alpha value is -2.23. The topological polar surface area (TPSA) is 29.1 Å². The van der Waals surface area contributed by atoms with Crippen LogP contribution in [0.25, 0.3) is 0 Å². The molecule has 0 aromatic heterocycles. The summed E-state index contributed by atoms with van der Waals surface area (Å²) >= 11 is 7.75. The fourth-order valence-electron chi connectivity index (χ4n) is 2.84. The number of hydrogen-bond acceptors (Lipinski definition) is 2. The summed E-state index contributed by atoms with van der Waals surface area (Å²) in [5.74, 6) is 1.12. The summed E-state index contributed by atoms with van der Waals surface area (Å²) in [6.45, 7) is 2.06. The standard InChI is InChI=1S/C23H22ClNOS/c1-17-11-13-19(14-12-17)23(18-7-3-2-4-8-18)25-22(26)16-27-15-20-9-5-6-10-21(20)24/h2-14,23H,15-16H2,1H3,(H,25,26)/t23-/m0/s1. The minimum absolute atomic E-state index is 0.0153. The maximum absolute atomic E-state index is 12.6. The lowest BCUT2D eigenvalue weighted by atomic mass is 9.98. The molecule has 4 heteroatoms. The van der Waals surface area contributed by atoms with Gasteiger partial charge in [-0.3, -0.25) is 4.79 Å². The first-order valence-corrected chi connectivity index (χ1v) is 10.4. The minimum Gasteiger partial charge on any atom is -0.344 e. The molecule has 0 heterocycles. The number of aryl methyl sites for hydroxylation is 1. The van der Waals surface area contributed by atoms with Crippen molar-refractivity contribution in [2.24, 2.45) is 0 Å². The number of thioether (sulfide) groups is 1. The molecule has 3 aromatic carbocycles. The van der Waals surface area contributed by atoms with Crippen molar-refractivity contribution < 1.29 is 4.79 Å². The summed E-state index contributed by atoms with van der Waals surface area (Å²) in [5, 5.41) is 3.92. The summed E-state index contributed by atoms with van der Waals surface area (Å²) < 4.78 is 0. The number of carbonyl (C=O) groups is 1. The van der Waals surface area contributed by atoms with Crippen molar-refractivity contribution in [1.29, 1.82) is 0 Å². The van der Waals surface area contributed by atoms with Crippen LogP contribution in [0.5, 0.6) is 0 Å². The van der Waals surface area contributed by atoms with Crippen LogP contribution >= 0.6 is 23.4 Å². The van der Waals surface area contributed by atoms with Crippen LogP contribution in [-0.2, 0) is 10.5 Å². The Morgan fingerprint density at radius 3 is 2.26 bits per heavy atom. The highest BCUT2D eigenvalue weighted by Gasteiger charge is 2.16. The van der Waals surface area contributed by atoms with Crippen LogP contribution in [0, 0.1) is 6.92 Å². The number of halogens is 1. The molecule has 3 aromatic rings. The van der Waals surface area contributed by atoms with Crippen LogP contribution in [-0.4, -0.2) is 11.7 Å². The molecular weight excluding hydrogens is 374 g/mol. The lowest BCUT2D eigenvalue weighted by Crippen LogP contribution is -2.30. The highest BCUT2D eigenvalue weighted by molar-refractivity contribution is 7.99. The predicted octanol–water partition coefficient (Wildman–Crippen LogP) is 5.79. The van der Waals surface area contributed by atoms with Gasteiger partial charge in [0.05, 0.1) is 11.8 Å². The molecule has 3 rings (SSSR count). The van der Waals surface area contributed by atoms with E-state index in [9.17, 15) is 4.79 Å². The number of nitrogens with one attached hydrogen (secondary N) is 1. The zero-order valence-electron chi connectivity index (χ0n) is 15.2. The van der Waals surface area contributed by atoms with Crippen LogP contribution in [0.2, 0.25) is 5.02 Å². The third kappa shape index (κ3) is 5.62. The van der Waals surface area contributed by atoms with Gasteiger partial charge in [0.2, 0.25) is 5.91 Å². The number of benzene rings is 3. The number of rotatable bonds is 7. The van der Waals surface area contributed by atoms with Gasteiger partial charge in [0, 0.05) is 10.8 Å². The van der Waals surface area contributed by atoms with E-state index in [4.69, 9.17) is 11.6 Å². The third-order valence-corrected chi connectivity index (χ3v) is 5.65. The monoisotopic (exact) mass is 395 g/mol. The van der Waals surface area contributed by atoms with E-state index >= 15 is 0 Å². The Morgan fingerprint density at radius 1 is 0.926 bits per heavy atom. The predicted molar refractivity (Wildman–Crippen MR) is 115 cm³/mol. The summed E-state index contributed by atoms with van der Waals surface area (Å²) in [5.41, 5.74) is 4.41. The molecule has 0 fully saturated rings. The molecule has 0 aliphatic rings. The largest absolute Gasteiger partial charge is 0.344 e. The fourth-order valence-corrected chi connectivity index (χ4v) is 3.96. The Kier molecular flexibility index (Phi) is 6.97. The minimum atomic E-state index is -0.153. The van der Waals surface area contributed by atoms with Gasteiger partial charge in [-0.15, -0.1) is 11.8 Å². The Bertz CT molecular complexity index is 880. The Balaban J connectivity index is 1.66. The van der Waals surface area contributed by atoms with E-state index in [-0.39, 0.29) is 11.9 Å². The molecular formula is C23H22ClNOS. The first-order valence-electron chi connectivity index (χ1n) is 8.85. The SMILES string of the molecule is Cc1ccc([C@@H](NC(=O)CSCc2ccccc2Cl)c2ccccc2)cc1. The number of amides is 1. The van der Waals surface area contributed by atoms with Gasteiger partial charge in [0.25, 0.3) is 0 Å². The van der Waals surface area contributed by atoms with Crippen molar-refractivity contribution >= 4 is 29.3 Å². The van der Waals surface area contributed by atoms with Crippen LogP contribution < -0.4 is 5.32 Å². The van der Waals surface area contributed by atoms with E-state index in [1.807, 2.05) is 54.6 Å². The van der Waals surface area contributed by atoms with Crippen molar-refractivity contribution in [3.8, 4) is 0 Å². The molecule has 0 aliphatic carbocycles. The van der Waals surface area contributed by atoms with E-state index in [2.05, 4.69) is 36.5 Å². The van der Waals surface area contributed by atoms with E-state index in [1.165, 1.54) is 5.56 Å². The molecule has 0 spiro atoms. The molecule has 27 heavy (non-hydrogen) atoms. The lowest BCUT2D eigenvalue weighted by Gasteiger charge is -2.20. The van der Waals surface area contributed by atoms with E-state index < -0.39 is 0 Å². The quantitative estimate of drug-likeness (QED) is 0.548. The first-order chi connectivity index (χ1) is 13.1. The normalized spacial score (nSPS) is 11.8. The molecule has 0 unspecified atom stereocenters. The van der Waals surface area contributed by atoms with Crippen LogP contribution in [0.4, 0.5) is 0 Å². The van der Waals surface area contributed by atoms with Gasteiger partial charge in [-0.05, 0) is 29.7 Å². The van der Waals surface area contributed by atoms with Gasteiger partial charge in [0.1, 0.15) is 0 Å². The Labute approximate surface area is 170 Å². The van der Waals surface area contributed by atoms with Gasteiger partial charge in [-0.25, -0.2) is 0 Å². The maximum Gasteiger partial charge on any atom is 0.230 e. The summed E-state index contributed by atoms with van der Waals surface area (Å²) in [6.07, 6.45) is 0. The zero-order chi connectivity index (χ0) is 19.1. The maximum atomic E-state index is 12.6. The second kappa shape index (κ2) is 9.63.